The summed E-state index contributed by atoms with van der Waals surface area (Å²) >= 11 is 0. The standard InChI is InChI=1S/C34H37FN2O5/c1-19(34(38)39)33(21-4-5-21)23-6-3-20-8-10-30(42-31(20)12-23)22-7-9-27(28-14-32(40-2)36-15-29(28)35)24(11-22)16-37-17-26-13-25(37)18-41-26/h3,6-7,9,11-12,14-15,19,21,25-26,30,33H,4-5,8,10,13,16-18H2,1-2H3,(H,38,39)/t19-,25?,26?,30?,33?/m0/s1. The number of morpholine rings is 1. The summed E-state index contributed by atoms with van der Waals surface area (Å²) in [7, 11) is 1.54. The first-order valence-electron chi connectivity index (χ1n) is 15.1. The summed E-state index contributed by atoms with van der Waals surface area (Å²) in [5.74, 6) is 0.0564. The van der Waals surface area contributed by atoms with Crippen molar-refractivity contribution >= 4 is 5.97 Å². The van der Waals surface area contributed by atoms with Crippen molar-refractivity contribution < 1.29 is 28.5 Å². The van der Waals surface area contributed by atoms with E-state index in [0.29, 0.717) is 29.9 Å². The number of methoxy groups -OCH3 is 1. The number of hydrogen-bond acceptors (Lipinski definition) is 6. The number of pyridine rings is 1. The largest absolute Gasteiger partial charge is 0.485 e. The monoisotopic (exact) mass is 572 g/mol. The highest BCUT2D eigenvalue weighted by atomic mass is 19.1. The number of benzene rings is 2. The molecule has 2 bridgehead atoms. The Morgan fingerprint density at radius 2 is 2.02 bits per heavy atom. The number of halogens is 1. The van der Waals surface area contributed by atoms with Crippen LogP contribution in [0.4, 0.5) is 4.39 Å². The molecule has 1 aromatic heterocycles. The first kappa shape index (κ1) is 27.3. The van der Waals surface area contributed by atoms with Crippen molar-refractivity contribution in [2.24, 2.45) is 11.8 Å². The van der Waals surface area contributed by atoms with Gasteiger partial charge in [-0.3, -0.25) is 9.69 Å². The lowest BCUT2D eigenvalue weighted by Gasteiger charge is -2.30. The molecule has 3 aliphatic heterocycles. The van der Waals surface area contributed by atoms with Crippen LogP contribution >= 0.6 is 0 Å². The molecule has 1 aliphatic carbocycles. The second kappa shape index (κ2) is 11.0. The van der Waals surface area contributed by atoms with E-state index in [1.807, 2.05) is 19.1 Å². The molecule has 5 atom stereocenters. The molecule has 0 spiro atoms. The summed E-state index contributed by atoms with van der Waals surface area (Å²) in [6, 6.07) is 14.6. The molecule has 2 aromatic carbocycles. The van der Waals surface area contributed by atoms with Crippen molar-refractivity contribution in [3.63, 3.8) is 0 Å². The van der Waals surface area contributed by atoms with Crippen molar-refractivity contribution in [1.29, 1.82) is 0 Å². The average Bonchev–Trinajstić information content (AvgIpc) is 3.61. The lowest BCUT2D eigenvalue weighted by Crippen LogP contribution is -2.36. The molecule has 7 rings (SSSR count). The molecule has 1 N–H and O–H groups in total. The summed E-state index contributed by atoms with van der Waals surface area (Å²) in [6.07, 6.45) is 6.25. The molecule has 1 saturated carbocycles. The number of carboxylic acids is 1. The fourth-order valence-corrected chi connectivity index (χ4v) is 7.24. The third-order valence-corrected chi connectivity index (χ3v) is 9.70. The highest BCUT2D eigenvalue weighted by molar-refractivity contribution is 5.71. The van der Waals surface area contributed by atoms with Gasteiger partial charge in [0, 0.05) is 30.8 Å². The second-order valence-corrected chi connectivity index (χ2v) is 12.4. The van der Waals surface area contributed by atoms with E-state index in [0.717, 1.165) is 78.8 Å². The van der Waals surface area contributed by atoms with Crippen LogP contribution in [0.1, 0.15) is 66.9 Å². The van der Waals surface area contributed by atoms with Gasteiger partial charge in [0.2, 0.25) is 5.88 Å². The van der Waals surface area contributed by atoms with E-state index in [-0.39, 0.29) is 23.9 Å². The molecule has 3 fully saturated rings. The van der Waals surface area contributed by atoms with Crippen molar-refractivity contribution in [2.45, 2.75) is 69.7 Å². The number of hydrogen-bond donors (Lipinski definition) is 1. The average molecular weight is 573 g/mol. The minimum Gasteiger partial charge on any atom is -0.485 e. The van der Waals surface area contributed by atoms with Crippen LogP contribution in [0.2, 0.25) is 0 Å². The van der Waals surface area contributed by atoms with E-state index in [1.54, 1.807) is 6.07 Å². The Morgan fingerprint density at radius 3 is 2.74 bits per heavy atom. The van der Waals surface area contributed by atoms with Crippen LogP contribution in [-0.2, 0) is 22.5 Å². The maximum atomic E-state index is 15.1. The number of likely N-dealkylation sites (tertiary alicyclic amines) is 1. The smallest absolute Gasteiger partial charge is 0.306 e. The van der Waals surface area contributed by atoms with Crippen molar-refractivity contribution in [3.05, 3.63) is 76.7 Å². The highest BCUT2D eigenvalue weighted by Gasteiger charge is 2.40. The van der Waals surface area contributed by atoms with Crippen LogP contribution in [-0.4, -0.2) is 53.4 Å². The van der Waals surface area contributed by atoms with Crippen LogP contribution in [0.25, 0.3) is 11.1 Å². The van der Waals surface area contributed by atoms with Gasteiger partial charge in [-0.25, -0.2) is 9.37 Å². The van der Waals surface area contributed by atoms with Gasteiger partial charge in [0.1, 0.15) is 17.7 Å². The predicted octanol–water partition coefficient (Wildman–Crippen LogP) is 6.15. The van der Waals surface area contributed by atoms with E-state index in [9.17, 15) is 9.90 Å². The first-order valence-corrected chi connectivity index (χ1v) is 15.1. The van der Waals surface area contributed by atoms with E-state index in [2.05, 4.69) is 34.1 Å². The SMILES string of the molecule is COc1cc(-c2ccc(C3CCc4ccc(C(C5CC5)[C@H](C)C(=O)O)cc4O3)cc2CN2CC3CC2CO3)c(F)cn1. The fourth-order valence-electron chi connectivity index (χ4n) is 7.24. The van der Waals surface area contributed by atoms with Crippen LogP contribution in [0, 0.1) is 17.7 Å². The van der Waals surface area contributed by atoms with Crippen LogP contribution < -0.4 is 9.47 Å². The number of fused-ring (bicyclic) bond motifs is 3. The van der Waals surface area contributed by atoms with Crippen LogP contribution in [0.15, 0.2) is 48.7 Å². The summed E-state index contributed by atoms with van der Waals surface area (Å²) in [5.41, 5.74) is 5.61. The normalized spacial score (nSPS) is 24.6. The van der Waals surface area contributed by atoms with Gasteiger partial charge in [-0.05, 0) is 77.8 Å². The number of carbonyl (C=O) groups is 1. The van der Waals surface area contributed by atoms with Crippen molar-refractivity contribution in [3.8, 4) is 22.8 Å². The van der Waals surface area contributed by atoms with Gasteiger partial charge in [-0.15, -0.1) is 0 Å². The van der Waals surface area contributed by atoms with Gasteiger partial charge in [-0.1, -0.05) is 37.3 Å². The topological polar surface area (TPSA) is 81.1 Å². The first-order chi connectivity index (χ1) is 20.4. The van der Waals surface area contributed by atoms with E-state index in [4.69, 9.17) is 14.2 Å². The Bertz CT molecular complexity index is 1510. The number of carboxylic acid groups (broad SMARTS) is 1. The molecule has 0 radical (unpaired) electrons. The highest BCUT2D eigenvalue weighted by Crippen LogP contribution is 2.48. The summed E-state index contributed by atoms with van der Waals surface area (Å²) in [5, 5.41) is 9.76. The second-order valence-electron chi connectivity index (χ2n) is 12.4. The number of aromatic nitrogens is 1. The molecule has 4 heterocycles. The van der Waals surface area contributed by atoms with E-state index >= 15 is 4.39 Å². The molecule has 4 aliphatic rings. The van der Waals surface area contributed by atoms with Gasteiger partial charge < -0.3 is 19.3 Å². The molecule has 2 saturated heterocycles. The van der Waals surface area contributed by atoms with Crippen molar-refractivity contribution in [1.82, 2.24) is 9.88 Å². The summed E-state index contributed by atoms with van der Waals surface area (Å²) in [4.78, 5) is 18.4. The van der Waals surface area contributed by atoms with Gasteiger partial charge in [0.25, 0.3) is 0 Å². The Kier molecular flexibility index (Phi) is 7.14. The van der Waals surface area contributed by atoms with Crippen LogP contribution in [0.3, 0.4) is 0 Å². The van der Waals surface area contributed by atoms with Crippen molar-refractivity contribution in [2.75, 3.05) is 20.3 Å². The molecular weight excluding hydrogens is 535 g/mol. The number of aliphatic carboxylic acids is 1. The van der Waals surface area contributed by atoms with Gasteiger partial charge >= 0.3 is 5.97 Å². The number of nitrogens with zero attached hydrogens (tertiary/aromatic N) is 2. The van der Waals surface area contributed by atoms with Gasteiger partial charge in [0.15, 0.2) is 0 Å². The molecular formula is C34H37FN2O5. The molecule has 42 heavy (non-hydrogen) atoms. The van der Waals surface area contributed by atoms with Gasteiger partial charge in [-0.2, -0.15) is 0 Å². The molecule has 8 heteroatoms. The third kappa shape index (κ3) is 5.15. The van der Waals surface area contributed by atoms with Gasteiger partial charge in [0.05, 0.1) is 31.9 Å². The molecule has 0 amide bonds. The third-order valence-electron chi connectivity index (χ3n) is 9.70. The molecule has 220 valence electrons. The quantitative estimate of drug-likeness (QED) is 0.329. The lowest BCUT2D eigenvalue weighted by atomic mass is 9.82. The number of aryl methyl sites for hydroxylation is 1. The maximum absolute atomic E-state index is 15.1. The Labute approximate surface area is 245 Å². The maximum Gasteiger partial charge on any atom is 0.306 e. The Balaban J connectivity index is 1.20. The Hall–Kier alpha value is -3.49. The minimum atomic E-state index is -0.753. The zero-order valence-corrected chi connectivity index (χ0v) is 24.1. The zero-order valence-electron chi connectivity index (χ0n) is 24.1. The predicted molar refractivity (Wildman–Crippen MR) is 155 cm³/mol. The Morgan fingerprint density at radius 1 is 1.17 bits per heavy atom. The zero-order chi connectivity index (χ0) is 29.0. The number of rotatable bonds is 9. The fraction of sp³-hybridized carbons (Fsp3) is 0.471. The summed E-state index contributed by atoms with van der Waals surface area (Å²) < 4.78 is 32.9. The molecule has 3 aromatic rings. The number of ether oxygens (including phenoxy) is 3. The minimum absolute atomic E-state index is 0.00492. The summed E-state index contributed by atoms with van der Waals surface area (Å²) in [6.45, 7) is 4.13. The van der Waals surface area contributed by atoms with E-state index in [1.165, 1.54) is 13.3 Å². The lowest BCUT2D eigenvalue weighted by molar-refractivity contribution is -0.142. The molecule has 4 unspecified atom stereocenters. The van der Waals surface area contributed by atoms with E-state index < -0.39 is 11.9 Å². The molecule has 7 nitrogen and oxygen atoms in total. The van der Waals surface area contributed by atoms with Crippen LogP contribution in [0.5, 0.6) is 11.6 Å².